The Labute approximate surface area is 247 Å². The van der Waals surface area contributed by atoms with Crippen molar-refractivity contribution in [2.75, 3.05) is 22.7 Å². The van der Waals surface area contributed by atoms with Crippen LogP contribution in [0, 0.1) is 27.7 Å². The highest BCUT2D eigenvalue weighted by atomic mass is 35.5. The molecule has 0 fully saturated rings. The van der Waals surface area contributed by atoms with Gasteiger partial charge < -0.3 is 10.6 Å². The predicted octanol–water partition coefficient (Wildman–Crippen LogP) is 5.69. The van der Waals surface area contributed by atoms with Crippen LogP contribution in [0.4, 0.5) is 23.0 Å². The second kappa shape index (κ2) is 12.5. The Hall–Kier alpha value is -4.32. The SMILES string of the molecule is Cc1cccc(C)c1NC(=O)c1cnc(Cl)nc1N(C)N.Cc1cccc(C)c1Nc1nn(C)c2nc(Cl)ncc12. The van der Waals surface area contributed by atoms with Crippen molar-refractivity contribution in [3.8, 4) is 0 Å². The van der Waals surface area contributed by atoms with Crippen LogP contribution in [-0.4, -0.2) is 42.7 Å². The lowest BCUT2D eigenvalue weighted by Gasteiger charge is -2.16. The first-order valence-electron chi connectivity index (χ1n) is 12.5. The zero-order valence-electron chi connectivity index (χ0n) is 23.5. The summed E-state index contributed by atoms with van der Waals surface area (Å²) in [6.45, 7) is 7.98. The second-order valence-electron chi connectivity index (χ2n) is 9.45. The molecule has 212 valence electrons. The number of carbonyl (C=O) groups excluding carboxylic acids is 1. The van der Waals surface area contributed by atoms with Gasteiger partial charge in [-0.05, 0) is 73.2 Å². The van der Waals surface area contributed by atoms with Crippen LogP contribution < -0.4 is 21.5 Å². The summed E-state index contributed by atoms with van der Waals surface area (Å²) in [6.07, 6.45) is 3.05. The monoisotopic (exact) mass is 592 g/mol. The van der Waals surface area contributed by atoms with Gasteiger partial charge in [0.15, 0.2) is 17.3 Å². The number of benzene rings is 2. The van der Waals surface area contributed by atoms with E-state index in [1.807, 2.05) is 45.2 Å². The lowest BCUT2D eigenvalue weighted by atomic mass is 10.1. The van der Waals surface area contributed by atoms with Gasteiger partial charge in [0, 0.05) is 37.9 Å². The number of para-hydroxylation sites is 2. The van der Waals surface area contributed by atoms with E-state index < -0.39 is 0 Å². The molecule has 1 amide bonds. The molecule has 0 atom stereocenters. The molecule has 13 heteroatoms. The summed E-state index contributed by atoms with van der Waals surface area (Å²) in [5.41, 5.74) is 7.07. The second-order valence-corrected chi connectivity index (χ2v) is 10.1. The summed E-state index contributed by atoms with van der Waals surface area (Å²) in [5.74, 6) is 6.34. The van der Waals surface area contributed by atoms with Crippen molar-refractivity contribution in [2.45, 2.75) is 27.7 Å². The average Bonchev–Trinajstić information content (AvgIpc) is 3.22. The number of rotatable bonds is 5. The standard InChI is InChI=1S/C14H16ClN5O.C14H14ClN5/c1-8-5-4-6-9(2)11(8)18-13(21)10-7-17-14(15)19-12(10)20(3)16;1-8-5-4-6-9(2)11(8)17-12-10-7-16-14(15)18-13(10)20(3)19-12/h4-7H,16H2,1-3H3,(H,18,21);4-7H,1-3H3,(H,17,19). The Balaban J connectivity index is 0.000000189. The van der Waals surface area contributed by atoms with Gasteiger partial charge in [-0.3, -0.25) is 9.80 Å². The molecule has 0 aliphatic heterocycles. The Morgan fingerprint density at radius 2 is 1.41 bits per heavy atom. The van der Waals surface area contributed by atoms with Gasteiger partial charge in [-0.1, -0.05) is 36.4 Å². The van der Waals surface area contributed by atoms with Crippen LogP contribution >= 0.6 is 23.2 Å². The molecule has 5 aromatic rings. The fourth-order valence-electron chi connectivity index (χ4n) is 4.21. The Morgan fingerprint density at radius 1 is 0.878 bits per heavy atom. The highest BCUT2D eigenvalue weighted by Gasteiger charge is 2.18. The molecule has 0 saturated heterocycles. The molecule has 3 heterocycles. The predicted molar refractivity (Wildman–Crippen MR) is 164 cm³/mol. The lowest BCUT2D eigenvalue weighted by molar-refractivity contribution is 0.102. The molecule has 0 saturated carbocycles. The summed E-state index contributed by atoms with van der Waals surface area (Å²) < 4.78 is 1.69. The number of nitrogens with two attached hydrogens (primary N) is 1. The van der Waals surface area contributed by atoms with Crippen molar-refractivity contribution in [3.63, 3.8) is 0 Å². The summed E-state index contributed by atoms with van der Waals surface area (Å²) in [4.78, 5) is 28.5. The van der Waals surface area contributed by atoms with Gasteiger partial charge in [0.05, 0.1) is 5.39 Å². The van der Waals surface area contributed by atoms with Crippen LogP contribution in [0.2, 0.25) is 10.6 Å². The zero-order chi connectivity index (χ0) is 29.8. The third-order valence-corrected chi connectivity index (χ3v) is 6.68. The van der Waals surface area contributed by atoms with Gasteiger partial charge in [-0.25, -0.2) is 20.5 Å². The van der Waals surface area contributed by atoms with E-state index in [4.69, 9.17) is 29.0 Å². The minimum atomic E-state index is -0.337. The Kier molecular flexibility index (Phi) is 9.01. The van der Waals surface area contributed by atoms with Gasteiger partial charge in [-0.2, -0.15) is 15.1 Å². The molecule has 3 aromatic heterocycles. The van der Waals surface area contributed by atoms with E-state index in [9.17, 15) is 4.79 Å². The molecule has 0 spiro atoms. The van der Waals surface area contributed by atoms with Gasteiger partial charge >= 0.3 is 0 Å². The van der Waals surface area contributed by atoms with Crippen LogP contribution in [0.15, 0.2) is 48.8 Å². The lowest BCUT2D eigenvalue weighted by Crippen LogP contribution is -2.29. The van der Waals surface area contributed by atoms with Crippen molar-refractivity contribution in [2.24, 2.45) is 12.9 Å². The summed E-state index contributed by atoms with van der Waals surface area (Å²) in [6, 6.07) is 12.0. The molecule has 0 aliphatic rings. The minimum absolute atomic E-state index is 0.0333. The van der Waals surface area contributed by atoms with E-state index in [0.29, 0.717) is 5.65 Å². The van der Waals surface area contributed by atoms with Gasteiger partial charge in [0.1, 0.15) is 5.56 Å². The highest BCUT2D eigenvalue weighted by molar-refractivity contribution is 6.28. The first kappa shape index (κ1) is 29.7. The molecule has 0 radical (unpaired) electrons. The minimum Gasteiger partial charge on any atom is -0.338 e. The van der Waals surface area contributed by atoms with Gasteiger partial charge in [0.25, 0.3) is 5.91 Å². The van der Waals surface area contributed by atoms with Crippen molar-refractivity contribution < 1.29 is 4.79 Å². The van der Waals surface area contributed by atoms with E-state index in [-0.39, 0.29) is 27.9 Å². The third-order valence-electron chi connectivity index (χ3n) is 6.31. The van der Waals surface area contributed by atoms with Crippen molar-refractivity contribution >= 4 is 63.2 Å². The number of fused-ring (bicyclic) bond motifs is 1. The van der Waals surface area contributed by atoms with Crippen molar-refractivity contribution in [3.05, 3.63) is 87.2 Å². The molecule has 0 unspecified atom stereocenters. The van der Waals surface area contributed by atoms with E-state index >= 15 is 0 Å². The van der Waals surface area contributed by atoms with E-state index in [1.165, 1.54) is 22.3 Å². The molecule has 4 N–H and O–H groups in total. The van der Waals surface area contributed by atoms with Crippen molar-refractivity contribution in [1.82, 2.24) is 29.7 Å². The zero-order valence-corrected chi connectivity index (χ0v) is 25.0. The average molecular weight is 594 g/mol. The largest absolute Gasteiger partial charge is 0.338 e. The van der Waals surface area contributed by atoms with Gasteiger partial charge in [-0.15, -0.1) is 0 Å². The molecule has 41 heavy (non-hydrogen) atoms. The molecule has 11 nitrogen and oxygen atoms in total. The number of nitrogens with one attached hydrogen (secondary N) is 2. The van der Waals surface area contributed by atoms with E-state index in [0.717, 1.165) is 33.7 Å². The maximum Gasteiger partial charge on any atom is 0.261 e. The highest BCUT2D eigenvalue weighted by Crippen LogP contribution is 2.28. The normalized spacial score (nSPS) is 10.7. The first-order chi connectivity index (χ1) is 19.5. The number of hydrazine groups is 1. The Morgan fingerprint density at radius 3 is 2.00 bits per heavy atom. The number of aryl methyl sites for hydroxylation is 5. The topological polar surface area (TPSA) is 140 Å². The van der Waals surface area contributed by atoms with Crippen LogP contribution in [0.25, 0.3) is 11.0 Å². The summed E-state index contributed by atoms with van der Waals surface area (Å²) in [5, 5.41) is 13.0. The molecule has 0 bridgehead atoms. The number of aromatic nitrogens is 6. The number of halogens is 2. The quantitative estimate of drug-likeness (QED) is 0.133. The number of hydrogen-bond donors (Lipinski definition) is 3. The smallest absolute Gasteiger partial charge is 0.261 e. The number of carbonyl (C=O) groups is 1. The maximum absolute atomic E-state index is 12.4. The fourth-order valence-corrected chi connectivity index (χ4v) is 4.47. The fraction of sp³-hybridized carbons (Fsp3) is 0.214. The number of anilines is 4. The van der Waals surface area contributed by atoms with Crippen LogP contribution in [0.5, 0.6) is 0 Å². The number of amides is 1. The molecule has 5 rings (SSSR count). The van der Waals surface area contributed by atoms with Crippen molar-refractivity contribution in [1.29, 1.82) is 0 Å². The molecule has 0 aliphatic carbocycles. The van der Waals surface area contributed by atoms with Gasteiger partial charge in [0.2, 0.25) is 10.6 Å². The molecule has 2 aromatic carbocycles. The first-order valence-corrected chi connectivity index (χ1v) is 13.3. The number of nitrogens with zero attached hydrogens (tertiary/aromatic N) is 7. The summed E-state index contributed by atoms with van der Waals surface area (Å²) in [7, 11) is 3.41. The third kappa shape index (κ3) is 6.71. The van der Waals surface area contributed by atoms with E-state index in [1.54, 1.807) is 17.9 Å². The van der Waals surface area contributed by atoms with E-state index in [2.05, 4.69) is 61.6 Å². The number of hydrogen-bond acceptors (Lipinski definition) is 9. The summed E-state index contributed by atoms with van der Waals surface area (Å²) >= 11 is 11.6. The van der Waals surface area contributed by atoms with Crippen LogP contribution in [-0.2, 0) is 7.05 Å². The Bertz CT molecular complexity index is 1690. The maximum atomic E-state index is 12.4. The van der Waals surface area contributed by atoms with Crippen LogP contribution in [0.3, 0.4) is 0 Å². The molecular formula is C28H30Cl2N10O. The molecular weight excluding hydrogens is 563 g/mol. The van der Waals surface area contributed by atoms with Crippen LogP contribution in [0.1, 0.15) is 32.6 Å².